The summed E-state index contributed by atoms with van der Waals surface area (Å²) in [5, 5.41) is 10.8. The first kappa shape index (κ1) is 24.2. The number of benzene rings is 2. The maximum atomic E-state index is 11.7. The summed E-state index contributed by atoms with van der Waals surface area (Å²) in [5.74, 6) is 0.859. The molecule has 1 heterocycles. The third-order valence-corrected chi connectivity index (χ3v) is 6.76. The molecule has 2 fully saturated rings. The molecule has 31 heavy (non-hydrogen) atoms. The fourth-order valence-electron chi connectivity index (χ4n) is 4.04. The lowest BCUT2D eigenvalue weighted by Crippen LogP contribution is -2.36. The standard InChI is InChI=1S/C12H14Cl2N2O.C12H16ClN/c13-10-6-5-9(7-11(10)14)16-12(17)15-8-3-1-2-4-8;13-12-3-1-10(2-4-12)9-11-5-7-14-8-6-11/h5-8H,1-4H2,(H2,15,16,17);1-4,11,14H,5-9H2. The predicted octanol–water partition coefficient (Wildman–Crippen LogP) is 6.94. The Bertz CT molecular complexity index is 832. The van der Waals surface area contributed by atoms with Crippen LogP contribution < -0.4 is 16.0 Å². The Morgan fingerprint density at radius 1 is 0.903 bits per heavy atom. The maximum Gasteiger partial charge on any atom is 0.319 e. The molecule has 168 valence electrons. The molecule has 1 aliphatic heterocycles. The second-order valence-corrected chi connectivity index (χ2v) is 9.48. The lowest BCUT2D eigenvalue weighted by atomic mass is 9.91. The second-order valence-electron chi connectivity index (χ2n) is 8.23. The third kappa shape index (κ3) is 8.53. The van der Waals surface area contributed by atoms with E-state index in [1.54, 1.807) is 18.2 Å². The molecule has 3 N–H and O–H groups in total. The molecule has 2 aromatic rings. The van der Waals surface area contributed by atoms with Crippen LogP contribution in [0.15, 0.2) is 42.5 Å². The van der Waals surface area contributed by atoms with Crippen molar-refractivity contribution in [3.05, 3.63) is 63.1 Å². The summed E-state index contributed by atoms with van der Waals surface area (Å²) in [5.41, 5.74) is 2.07. The van der Waals surface area contributed by atoms with Crippen LogP contribution in [0.1, 0.15) is 44.1 Å². The van der Waals surface area contributed by atoms with Gasteiger partial charge in [0.15, 0.2) is 0 Å². The average molecular weight is 483 g/mol. The monoisotopic (exact) mass is 481 g/mol. The Hall–Kier alpha value is -1.46. The number of halogens is 3. The van der Waals surface area contributed by atoms with Gasteiger partial charge in [-0.2, -0.15) is 0 Å². The van der Waals surface area contributed by atoms with Crippen LogP contribution in [0.2, 0.25) is 15.1 Å². The smallest absolute Gasteiger partial charge is 0.319 e. The van der Waals surface area contributed by atoms with Crippen molar-refractivity contribution in [2.45, 2.75) is 51.0 Å². The number of anilines is 1. The first-order chi connectivity index (χ1) is 15.0. The number of piperidine rings is 1. The summed E-state index contributed by atoms with van der Waals surface area (Å²) in [6, 6.07) is 13.4. The van der Waals surface area contributed by atoms with Crippen LogP contribution in [-0.2, 0) is 6.42 Å². The summed E-state index contributed by atoms with van der Waals surface area (Å²) in [6.07, 6.45) is 8.34. The molecule has 4 rings (SSSR count). The first-order valence-corrected chi connectivity index (χ1v) is 12.1. The quantitative estimate of drug-likeness (QED) is 0.442. The Balaban J connectivity index is 0.000000179. The van der Waals surface area contributed by atoms with Gasteiger partial charge in [-0.1, -0.05) is 59.8 Å². The van der Waals surface area contributed by atoms with Gasteiger partial charge in [0.2, 0.25) is 0 Å². The van der Waals surface area contributed by atoms with Crippen molar-refractivity contribution >= 4 is 46.5 Å². The van der Waals surface area contributed by atoms with Crippen LogP contribution in [0.3, 0.4) is 0 Å². The highest BCUT2D eigenvalue weighted by molar-refractivity contribution is 6.42. The number of rotatable bonds is 4. The van der Waals surface area contributed by atoms with Gasteiger partial charge >= 0.3 is 6.03 Å². The summed E-state index contributed by atoms with van der Waals surface area (Å²) in [4.78, 5) is 11.7. The van der Waals surface area contributed by atoms with Crippen molar-refractivity contribution in [2.75, 3.05) is 18.4 Å². The highest BCUT2D eigenvalue weighted by Crippen LogP contribution is 2.25. The second kappa shape index (κ2) is 12.5. The molecule has 0 aromatic heterocycles. The Morgan fingerprint density at radius 2 is 1.58 bits per heavy atom. The molecule has 1 aliphatic carbocycles. The van der Waals surface area contributed by atoms with Gasteiger partial charge in [0.05, 0.1) is 10.0 Å². The molecule has 1 saturated heterocycles. The van der Waals surface area contributed by atoms with Gasteiger partial charge in [0.25, 0.3) is 0 Å². The SMILES string of the molecule is Clc1ccc(CC2CCNCC2)cc1.O=C(Nc1ccc(Cl)c(Cl)c1)NC1CCCC1. The van der Waals surface area contributed by atoms with E-state index in [1.807, 2.05) is 12.1 Å². The van der Waals surface area contributed by atoms with Crippen LogP contribution in [0, 0.1) is 5.92 Å². The topological polar surface area (TPSA) is 53.2 Å². The van der Waals surface area contributed by atoms with E-state index in [0.29, 0.717) is 21.8 Å². The Morgan fingerprint density at radius 3 is 2.23 bits per heavy atom. The summed E-state index contributed by atoms with van der Waals surface area (Å²) in [6.45, 7) is 2.36. The predicted molar refractivity (Wildman–Crippen MR) is 132 cm³/mol. The molecule has 1 saturated carbocycles. The average Bonchev–Trinajstić information content (AvgIpc) is 3.27. The number of nitrogens with one attached hydrogen (secondary N) is 3. The molecule has 7 heteroatoms. The van der Waals surface area contributed by atoms with E-state index in [4.69, 9.17) is 34.8 Å². The lowest BCUT2D eigenvalue weighted by Gasteiger charge is -2.22. The van der Waals surface area contributed by atoms with Crippen LogP contribution in [0.25, 0.3) is 0 Å². The molecular formula is C24H30Cl3N3O. The zero-order valence-corrected chi connectivity index (χ0v) is 19.9. The van der Waals surface area contributed by atoms with Gasteiger partial charge in [0.1, 0.15) is 0 Å². The lowest BCUT2D eigenvalue weighted by molar-refractivity contribution is 0.248. The van der Waals surface area contributed by atoms with Gasteiger partial charge in [-0.15, -0.1) is 0 Å². The van der Waals surface area contributed by atoms with Gasteiger partial charge in [-0.25, -0.2) is 4.79 Å². The minimum Gasteiger partial charge on any atom is -0.335 e. The van der Waals surface area contributed by atoms with Crippen LogP contribution in [-0.4, -0.2) is 25.2 Å². The zero-order valence-electron chi connectivity index (χ0n) is 17.6. The van der Waals surface area contributed by atoms with Crippen molar-refractivity contribution in [1.82, 2.24) is 10.6 Å². The summed E-state index contributed by atoms with van der Waals surface area (Å²) >= 11 is 17.5. The van der Waals surface area contributed by atoms with E-state index >= 15 is 0 Å². The van der Waals surface area contributed by atoms with Gasteiger partial charge in [-0.05, 0) is 87.0 Å². The van der Waals surface area contributed by atoms with E-state index in [0.717, 1.165) is 23.8 Å². The van der Waals surface area contributed by atoms with Crippen LogP contribution in [0.5, 0.6) is 0 Å². The highest BCUT2D eigenvalue weighted by atomic mass is 35.5. The van der Waals surface area contributed by atoms with Gasteiger partial charge in [-0.3, -0.25) is 0 Å². The number of carbonyl (C=O) groups excluding carboxylic acids is 1. The third-order valence-electron chi connectivity index (χ3n) is 5.76. The van der Waals surface area contributed by atoms with E-state index in [-0.39, 0.29) is 6.03 Å². The van der Waals surface area contributed by atoms with Crippen LogP contribution in [0.4, 0.5) is 10.5 Å². The largest absolute Gasteiger partial charge is 0.335 e. The first-order valence-electron chi connectivity index (χ1n) is 11.0. The van der Waals surface area contributed by atoms with Gasteiger partial charge in [0, 0.05) is 16.8 Å². The number of carbonyl (C=O) groups is 1. The van der Waals surface area contributed by atoms with Crippen molar-refractivity contribution in [3.8, 4) is 0 Å². The van der Waals surface area contributed by atoms with Crippen molar-refractivity contribution in [3.63, 3.8) is 0 Å². The molecule has 0 atom stereocenters. The fraction of sp³-hybridized carbons (Fsp3) is 0.458. The van der Waals surface area contributed by atoms with E-state index in [1.165, 1.54) is 50.8 Å². The van der Waals surface area contributed by atoms with Crippen molar-refractivity contribution < 1.29 is 4.79 Å². The molecule has 2 amide bonds. The Kier molecular flexibility index (Phi) is 9.79. The fourth-order valence-corrected chi connectivity index (χ4v) is 4.46. The van der Waals surface area contributed by atoms with Crippen molar-refractivity contribution in [1.29, 1.82) is 0 Å². The molecule has 0 spiro atoms. The molecular weight excluding hydrogens is 453 g/mol. The molecule has 2 aliphatic rings. The maximum absolute atomic E-state index is 11.7. The number of hydrogen-bond acceptors (Lipinski definition) is 2. The highest BCUT2D eigenvalue weighted by Gasteiger charge is 2.17. The number of hydrogen-bond donors (Lipinski definition) is 3. The van der Waals surface area contributed by atoms with Crippen LogP contribution >= 0.6 is 34.8 Å². The van der Waals surface area contributed by atoms with E-state index < -0.39 is 0 Å². The molecule has 0 radical (unpaired) electrons. The zero-order chi connectivity index (χ0) is 22.1. The summed E-state index contributed by atoms with van der Waals surface area (Å²) in [7, 11) is 0. The molecule has 0 bridgehead atoms. The van der Waals surface area contributed by atoms with Crippen molar-refractivity contribution in [2.24, 2.45) is 5.92 Å². The molecule has 0 unspecified atom stereocenters. The van der Waals surface area contributed by atoms with Gasteiger partial charge < -0.3 is 16.0 Å². The molecule has 2 aromatic carbocycles. The minimum absolute atomic E-state index is 0.185. The summed E-state index contributed by atoms with van der Waals surface area (Å²) < 4.78 is 0. The molecule has 4 nitrogen and oxygen atoms in total. The van der Waals surface area contributed by atoms with E-state index in [2.05, 4.69) is 28.1 Å². The number of amides is 2. The Labute approximate surface area is 200 Å². The minimum atomic E-state index is -0.185. The van der Waals surface area contributed by atoms with E-state index in [9.17, 15) is 4.79 Å². The normalized spacial score (nSPS) is 17.0. The number of urea groups is 1.